The molecule has 104 valence electrons. The number of piperidine rings is 1. The molecule has 2 N–H and O–H groups in total. The van der Waals surface area contributed by atoms with Crippen LogP contribution in [0.25, 0.3) is 0 Å². The molecule has 0 bridgehead atoms. The van der Waals surface area contributed by atoms with Gasteiger partial charge in [-0.15, -0.1) is 0 Å². The lowest BCUT2D eigenvalue weighted by Crippen LogP contribution is -2.39. The van der Waals surface area contributed by atoms with Crippen LogP contribution in [0.2, 0.25) is 0 Å². The molecule has 0 aromatic heterocycles. The fourth-order valence-corrected chi connectivity index (χ4v) is 2.46. The van der Waals surface area contributed by atoms with E-state index in [4.69, 9.17) is 0 Å². The summed E-state index contributed by atoms with van der Waals surface area (Å²) in [7, 11) is 0. The lowest BCUT2D eigenvalue weighted by molar-refractivity contribution is -0.384. The van der Waals surface area contributed by atoms with Gasteiger partial charge >= 0.3 is 0 Å². The van der Waals surface area contributed by atoms with Gasteiger partial charge in [-0.1, -0.05) is 6.07 Å². The van der Waals surface area contributed by atoms with E-state index in [-0.39, 0.29) is 17.4 Å². The molecule has 1 aliphatic rings. The van der Waals surface area contributed by atoms with Crippen molar-refractivity contribution < 1.29 is 9.31 Å². The molecule has 1 aromatic carbocycles. The SMILES string of the molecule is CC(Nc1c(F)cccc1[N+](=O)[O-])C1CCCNC1. The van der Waals surface area contributed by atoms with Crippen LogP contribution in [-0.4, -0.2) is 24.1 Å². The smallest absolute Gasteiger partial charge is 0.295 e. The zero-order valence-electron chi connectivity index (χ0n) is 10.9. The molecule has 0 saturated carbocycles. The number of nitrogens with one attached hydrogen (secondary N) is 2. The van der Waals surface area contributed by atoms with Crippen molar-refractivity contribution >= 4 is 11.4 Å². The first-order chi connectivity index (χ1) is 9.09. The van der Waals surface area contributed by atoms with Gasteiger partial charge in [0.05, 0.1) is 4.92 Å². The summed E-state index contributed by atoms with van der Waals surface area (Å²) in [6, 6.07) is 3.90. The van der Waals surface area contributed by atoms with Crippen molar-refractivity contribution in [2.75, 3.05) is 18.4 Å². The van der Waals surface area contributed by atoms with Crippen LogP contribution in [0.1, 0.15) is 19.8 Å². The second-order valence-corrected chi connectivity index (χ2v) is 4.93. The molecule has 0 amide bonds. The van der Waals surface area contributed by atoms with Crippen LogP contribution < -0.4 is 10.6 Å². The van der Waals surface area contributed by atoms with E-state index < -0.39 is 10.7 Å². The summed E-state index contributed by atoms with van der Waals surface area (Å²) < 4.78 is 13.8. The second-order valence-electron chi connectivity index (χ2n) is 4.93. The van der Waals surface area contributed by atoms with E-state index in [1.54, 1.807) is 0 Å². The molecule has 1 fully saturated rings. The number of halogens is 1. The zero-order valence-corrected chi connectivity index (χ0v) is 10.9. The van der Waals surface area contributed by atoms with Crippen LogP contribution in [0.3, 0.4) is 0 Å². The molecule has 1 aromatic rings. The summed E-state index contributed by atoms with van der Waals surface area (Å²) in [5, 5.41) is 17.2. The largest absolute Gasteiger partial charge is 0.374 e. The highest BCUT2D eigenvalue weighted by Gasteiger charge is 2.24. The van der Waals surface area contributed by atoms with Gasteiger partial charge in [-0.2, -0.15) is 0 Å². The maximum atomic E-state index is 13.8. The summed E-state index contributed by atoms with van der Waals surface area (Å²) in [4.78, 5) is 10.4. The molecule has 5 nitrogen and oxygen atoms in total. The van der Waals surface area contributed by atoms with Gasteiger partial charge in [-0.3, -0.25) is 10.1 Å². The maximum Gasteiger partial charge on any atom is 0.295 e. The number of hydrogen-bond acceptors (Lipinski definition) is 4. The third-order valence-electron chi connectivity index (χ3n) is 3.60. The predicted molar refractivity (Wildman–Crippen MR) is 71.7 cm³/mol. The Hall–Kier alpha value is -1.69. The van der Waals surface area contributed by atoms with E-state index in [1.165, 1.54) is 18.2 Å². The van der Waals surface area contributed by atoms with Gasteiger partial charge in [-0.25, -0.2) is 4.39 Å². The van der Waals surface area contributed by atoms with Gasteiger partial charge in [0.25, 0.3) is 5.69 Å². The molecule has 0 spiro atoms. The van der Waals surface area contributed by atoms with E-state index in [0.29, 0.717) is 5.92 Å². The third kappa shape index (κ3) is 3.20. The monoisotopic (exact) mass is 267 g/mol. The van der Waals surface area contributed by atoms with Crippen molar-refractivity contribution in [2.45, 2.75) is 25.8 Å². The van der Waals surface area contributed by atoms with Gasteiger partial charge in [0.15, 0.2) is 5.82 Å². The van der Waals surface area contributed by atoms with Gasteiger partial charge in [0, 0.05) is 12.1 Å². The minimum atomic E-state index is -0.579. The Kier molecular flexibility index (Phi) is 4.31. The highest BCUT2D eigenvalue weighted by molar-refractivity contribution is 5.62. The van der Waals surface area contributed by atoms with Crippen LogP contribution in [-0.2, 0) is 0 Å². The van der Waals surface area contributed by atoms with E-state index in [1.807, 2.05) is 6.92 Å². The molecule has 2 unspecified atom stereocenters. The molecule has 1 aliphatic heterocycles. The highest BCUT2D eigenvalue weighted by atomic mass is 19.1. The minimum Gasteiger partial charge on any atom is -0.374 e. The van der Waals surface area contributed by atoms with Gasteiger partial charge in [0.1, 0.15) is 5.69 Å². The van der Waals surface area contributed by atoms with Gasteiger partial charge in [-0.05, 0) is 44.8 Å². The first kappa shape index (κ1) is 13.7. The molecule has 19 heavy (non-hydrogen) atoms. The molecule has 6 heteroatoms. The quantitative estimate of drug-likeness (QED) is 0.650. The molecular weight excluding hydrogens is 249 g/mol. The number of nitro groups is 1. The predicted octanol–water partition coefficient (Wildman–Crippen LogP) is 2.53. The summed E-state index contributed by atoms with van der Waals surface area (Å²) in [6.07, 6.45) is 2.12. The lowest BCUT2D eigenvalue weighted by Gasteiger charge is -2.29. The number of para-hydroxylation sites is 1. The standard InChI is InChI=1S/C13H18FN3O2/c1-9(10-4-3-7-15-8-10)16-13-11(14)5-2-6-12(13)17(18)19/h2,5-6,9-10,15-16H,3-4,7-8H2,1H3. The highest BCUT2D eigenvalue weighted by Crippen LogP contribution is 2.29. The Morgan fingerprint density at radius 1 is 1.58 bits per heavy atom. The second kappa shape index (κ2) is 5.97. The van der Waals surface area contributed by atoms with Gasteiger partial charge in [0.2, 0.25) is 0 Å². The van der Waals surface area contributed by atoms with Crippen LogP contribution in [0.4, 0.5) is 15.8 Å². The first-order valence-electron chi connectivity index (χ1n) is 6.49. The number of anilines is 1. The first-order valence-corrected chi connectivity index (χ1v) is 6.49. The molecule has 0 aliphatic carbocycles. The lowest BCUT2D eigenvalue weighted by atomic mass is 9.92. The Morgan fingerprint density at radius 3 is 3.00 bits per heavy atom. The zero-order chi connectivity index (χ0) is 13.8. The van der Waals surface area contributed by atoms with Crippen molar-refractivity contribution in [1.82, 2.24) is 5.32 Å². The molecule has 0 radical (unpaired) electrons. The van der Waals surface area contributed by atoms with Crippen LogP contribution in [0.15, 0.2) is 18.2 Å². The number of nitro benzene ring substituents is 1. The molecule has 2 rings (SSSR count). The van der Waals surface area contributed by atoms with Gasteiger partial charge < -0.3 is 10.6 Å². The van der Waals surface area contributed by atoms with E-state index >= 15 is 0 Å². The Labute approximate surface area is 111 Å². The van der Waals surface area contributed by atoms with E-state index in [0.717, 1.165) is 25.9 Å². The molecule has 1 saturated heterocycles. The average Bonchev–Trinajstić information content (AvgIpc) is 2.41. The number of hydrogen-bond donors (Lipinski definition) is 2. The van der Waals surface area contributed by atoms with Crippen molar-refractivity contribution in [1.29, 1.82) is 0 Å². The Balaban J connectivity index is 2.15. The van der Waals surface area contributed by atoms with Crippen molar-refractivity contribution in [3.63, 3.8) is 0 Å². The normalized spacial score (nSPS) is 20.8. The van der Waals surface area contributed by atoms with Crippen molar-refractivity contribution in [3.8, 4) is 0 Å². The fourth-order valence-electron chi connectivity index (χ4n) is 2.46. The summed E-state index contributed by atoms with van der Waals surface area (Å²) in [6.45, 7) is 3.80. The Morgan fingerprint density at radius 2 is 2.37 bits per heavy atom. The van der Waals surface area contributed by atoms with E-state index in [9.17, 15) is 14.5 Å². The fraction of sp³-hybridized carbons (Fsp3) is 0.538. The topological polar surface area (TPSA) is 67.2 Å². The van der Waals surface area contributed by atoms with Crippen molar-refractivity contribution in [2.24, 2.45) is 5.92 Å². The maximum absolute atomic E-state index is 13.8. The van der Waals surface area contributed by atoms with Crippen LogP contribution >= 0.6 is 0 Å². The van der Waals surface area contributed by atoms with E-state index in [2.05, 4.69) is 10.6 Å². The molecular formula is C13H18FN3O2. The summed E-state index contributed by atoms with van der Waals surface area (Å²) in [5.74, 6) is -0.224. The average molecular weight is 267 g/mol. The third-order valence-corrected chi connectivity index (χ3v) is 3.60. The number of nitrogens with zero attached hydrogens (tertiary/aromatic N) is 1. The minimum absolute atomic E-state index is 0.00873. The van der Waals surface area contributed by atoms with Crippen LogP contribution in [0.5, 0.6) is 0 Å². The molecule has 2 atom stereocenters. The van der Waals surface area contributed by atoms with Crippen LogP contribution in [0, 0.1) is 21.8 Å². The number of benzene rings is 1. The number of rotatable bonds is 4. The van der Waals surface area contributed by atoms with Crippen molar-refractivity contribution in [3.05, 3.63) is 34.1 Å². The summed E-state index contributed by atoms with van der Waals surface area (Å²) in [5.41, 5.74) is -0.221. The summed E-state index contributed by atoms with van der Waals surface area (Å²) >= 11 is 0. The Bertz CT molecular complexity index is 461. The molecule has 1 heterocycles.